The first-order chi connectivity index (χ1) is 8.05. The average molecular weight is 237 g/mol. The minimum atomic E-state index is -0.351. The number of aliphatic hydroxyl groups is 1. The molecule has 1 aromatic heterocycles. The minimum absolute atomic E-state index is 0.106. The molecule has 1 fully saturated rings. The normalized spacial score (nSPS) is 28.8. The molecule has 0 spiro atoms. The predicted molar refractivity (Wildman–Crippen MR) is 67.7 cm³/mol. The van der Waals surface area contributed by atoms with Crippen molar-refractivity contribution in [1.29, 1.82) is 0 Å². The number of hydrogen-bond donors (Lipinski definition) is 2. The fraction of sp³-hybridized carbons (Fsp3) is 0.769. The lowest BCUT2D eigenvalue weighted by Gasteiger charge is -2.29. The van der Waals surface area contributed by atoms with Crippen LogP contribution < -0.4 is 5.73 Å². The van der Waals surface area contributed by atoms with Crippen molar-refractivity contribution in [3.63, 3.8) is 0 Å². The number of nitrogens with zero attached hydrogens (tertiary/aromatic N) is 2. The molecule has 96 valence electrons. The lowest BCUT2D eigenvalue weighted by atomic mass is 9.86. The summed E-state index contributed by atoms with van der Waals surface area (Å²) >= 11 is 0. The summed E-state index contributed by atoms with van der Waals surface area (Å²) in [7, 11) is 0. The highest BCUT2D eigenvalue weighted by molar-refractivity contribution is 5.06. The van der Waals surface area contributed by atoms with Gasteiger partial charge in [0.1, 0.15) is 0 Å². The second-order valence-corrected chi connectivity index (χ2v) is 5.42. The fourth-order valence-corrected chi connectivity index (χ4v) is 2.99. The van der Waals surface area contributed by atoms with E-state index in [0.29, 0.717) is 5.92 Å². The number of aryl methyl sites for hydroxylation is 3. The van der Waals surface area contributed by atoms with Gasteiger partial charge >= 0.3 is 0 Å². The molecule has 1 aliphatic carbocycles. The lowest BCUT2D eigenvalue weighted by molar-refractivity contribution is 0.152. The van der Waals surface area contributed by atoms with Gasteiger partial charge in [0.25, 0.3) is 0 Å². The summed E-state index contributed by atoms with van der Waals surface area (Å²) in [5, 5.41) is 13.9. The van der Waals surface area contributed by atoms with E-state index in [1.54, 1.807) is 0 Å². The standard InChI is InChI=1S/C13H23N3O/c1-10-8-11(2)16(15-10)7-5-12-4-3-6-13(12,14)9-17/h8,12,17H,3-7,9,14H2,1-2H3. The van der Waals surface area contributed by atoms with Gasteiger partial charge in [-0.05, 0) is 45.1 Å². The Bertz CT molecular complexity index is 388. The van der Waals surface area contributed by atoms with Crippen molar-refractivity contribution < 1.29 is 5.11 Å². The van der Waals surface area contributed by atoms with E-state index in [4.69, 9.17) is 5.73 Å². The van der Waals surface area contributed by atoms with Crippen molar-refractivity contribution in [3.8, 4) is 0 Å². The maximum atomic E-state index is 9.40. The summed E-state index contributed by atoms with van der Waals surface area (Å²) in [4.78, 5) is 0. The average Bonchev–Trinajstić information content (AvgIpc) is 2.80. The van der Waals surface area contributed by atoms with Crippen LogP contribution in [0.4, 0.5) is 0 Å². The van der Waals surface area contributed by atoms with Crippen molar-refractivity contribution in [3.05, 3.63) is 17.5 Å². The maximum absolute atomic E-state index is 9.40. The van der Waals surface area contributed by atoms with E-state index in [1.165, 1.54) is 5.69 Å². The lowest BCUT2D eigenvalue weighted by Crippen LogP contribution is -2.47. The van der Waals surface area contributed by atoms with Crippen LogP contribution in [0, 0.1) is 19.8 Å². The van der Waals surface area contributed by atoms with Gasteiger partial charge < -0.3 is 10.8 Å². The van der Waals surface area contributed by atoms with Crippen molar-refractivity contribution >= 4 is 0 Å². The zero-order valence-electron chi connectivity index (χ0n) is 10.8. The van der Waals surface area contributed by atoms with Gasteiger partial charge in [-0.2, -0.15) is 5.10 Å². The number of hydrogen-bond acceptors (Lipinski definition) is 3. The molecule has 1 aliphatic rings. The fourth-order valence-electron chi connectivity index (χ4n) is 2.99. The zero-order valence-corrected chi connectivity index (χ0v) is 10.8. The highest BCUT2D eigenvalue weighted by atomic mass is 16.3. The van der Waals surface area contributed by atoms with Gasteiger partial charge in [-0.25, -0.2) is 0 Å². The van der Waals surface area contributed by atoms with Crippen LogP contribution in [0.1, 0.15) is 37.1 Å². The molecule has 0 aliphatic heterocycles. The van der Waals surface area contributed by atoms with Crippen molar-refractivity contribution in [2.45, 2.75) is 51.6 Å². The third kappa shape index (κ3) is 2.53. The molecule has 0 saturated heterocycles. The molecule has 17 heavy (non-hydrogen) atoms. The van der Waals surface area contributed by atoms with Crippen molar-refractivity contribution in [2.75, 3.05) is 6.61 Å². The van der Waals surface area contributed by atoms with Crippen LogP contribution in [0.15, 0.2) is 6.07 Å². The minimum Gasteiger partial charge on any atom is -0.394 e. The Kier molecular flexibility index (Phi) is 3.54. The smallest absolute Gasteiger partial charge is 0.0613 e. The second kappa shape index (κ2) is 4.78. The summed E-state index contributed by atoms with van der Waals surface area (Å²) in [5.41, 5.74) is 8.15. The predicted octanol–water partition coefficient (Wildman–Crippen LogP) is 1.38. The highest BCUT2D eigenvalue weighted by Crippen LogP contribution is 2.35. The molecule has 4 heteroatoms. The van der Waals surface area contributed by atoms with Gasteiger partial charge in [-0.15, -0.1) is 0 Å². The van der Waals surface area contributed by atoms with Gasteiger partial charge in [0.15, 0.2) is 0 Å². The van der Waals surface area contributed by atoms with Crippen LogP contribution in [-0.2, 0) is 6.54 Å². The Labute approximate surface area is 103 Å². The van der Waals surface area contributed by atoms with Crippen LogP contribution >= 0.6 is 0 Å². The van der Waals surface area contributed by atoms with E-state index in [2.05, 4.69) is 18.1 Å². The summed E-state index contributed by atoms with van der Waals surface area (Å²) in [6, 6.07) is 2.09. The van der Waals surface area contributed by atoms with Crippen molar-refractivity contribution in [2.24, 2.45) is 11.7 Å². The molecule has 2 atom stereocenters. The van der Waals surface area contributed by atoms with E-state index >= 15 is 0 Å². The monoisotopic (exact) mass is 237 g/mol. The van der Waals surface area contributed by atoms with E-state index in [9.17, 15) is 5.11 Å². The first-order valence-electron chi connectivity index (χ1n) is 6.46. The molecule has 1 heterocycles. The van der Waals surface area contributed by atoms with Gasteiger partial charge in [0, 0.05) is 17.8 Å². The molecule has 2 rings (SSSR count). The summed E-state index contributed by atoms with van der Waals surface area (Å²) < 4.78 is 2.05. The molecular weight excluding hydrogens is 214 g/mol. The van der Waals surface area contributed by atoms with Gasteiger partial charge in [0.05, 0.1) is 12.3 Å². The number of rotatable bonds is 4. The Hall–Kier alpha value is -0.870. The molecule has 1 aromatic rings. The quantitative estimate of drug-likeness (QED) is 0.831. The molecule has 1 saturated carbocycles. The number of aliphatic hydroxyl groups excluding tert-OH is 1. The van der Waals surface area contributed by atoms with Crippen LogP contribution in [0.25, 0.3) is 0 Å². The van der Waals surface area contributed by atoms with Gasteiger partial charge in [-0.1, -0.05) is 6.42 Å². The molecular formula is C13H23N3O. The van der Waals surface area contributed by atoms with Crippen LogP contribution in [0.2, 0.25) is 0 Å². The Morgan fingerprint density at radius 2 is 2.35 bits per heavy atom. The van der Waals surface area contributed by atoms with E-state index in [0.717, 1.165) is 37.9 Å². The highest BCUT2D eigenvalue weighted by Gasteiger charge is 2.38. The molecule has 0 bridgehead atoms. The molecule has 0 radical (unpaired) electrons. The van der Waals surface area contributed by atoms with Crippen LogP contribution in [0.5, 0.6) is 0 Å². The summed E-state index contributed by atoms with van der Waals surface area (Å²) in [6.07, 6.45) is 4.24. The zero-order chi connectivity index (χ0) is 12.5. The Balaban J connectivity index is 1.96. The second-order valence-electron chi connectivity index (χ2n) is 5.42. The third-order valence-corrected chi connectivity index (χ3v) is 4.09. The maximum Gasteiger partial charge on any atom is 0.0613 e. The van der Waals surface area contributed by atoms with Crippen molar-refractivity contribution in [1.82, 2.24) is 9.78 Å². The largest absolute Gasteiger partial charge is 0.394 e. The number of nitrogens with two attached hydrogens (primary N) is 1. The van der Waals surface area contributed by atoms with Crippen LogP contribution in [0.3, 0.4) is 0 Å². The molecule has 0 aromatic carbocycles. The first-order valence-corrected chi connectivity index (χ1v) is 6.46. The third-order valence-electron chi connectivity index (χ3n) is 4.09. The van der Waals surface area contributed by atoms with E-state index in [1.807, 2.05) is 11.6 Å². The molecule has 2 unspecified atom stereocenters. The molecule has 4 nitrogen and oxygen atoms in total. The van der Waals surface area contributed by atoms with Gasteiger partial charge in [-0.3, -0.25) is 4.68 Å². The van der Waals surface area contributed by atoms with E-state index in [-0.39, 0.29) is 12.1 Å². The van der Waals surface area contributed by atoms with E-state index < -0.39 is 0 Å². The SMILES string of the molecule is Cc1cc(C)n(CCC2CCCC2(N)CO)n1. The Morgan fingerprint density at radius 1 is 1.59 bits per heavy atom. The Morgan fingerprint density at radius 3 is 2.94 bits per heavy atom. The summed E-state index contributed by atoms with van der Waals surface area (Å²) in [5.74, 6) is 0.427. The number of aromatic nitrogens is 2. The summed E-state index contributed by atoms with van der Waals surface area (Å²) in [6.45, 7) is 5.11. The van der Waals surface area contributed by atoms with Crippen LogP contribution in [-0.4, -0.2) is 27.0 Å². The topological polar surface area (TPSA) is 64.1 Å². The van der Waals surface area contributed by atoms with Gasteiger partial charge in [0.2, 0.25) is 0 Å². The first kappa shape index (κ1) is 12.6. The molecule has 0 amide bonds. The molecule has 3 N–H and O–H groups in total.